The number of carbonyl (C=O) groups is 1. The summed E-state index contributed by atoms with van der Waals surface area (Å²) in [5, 5.41) is 12.9. The number of thiazole rings is 1. The minimum Gasteiger partial charge on any atom is -0.302 e. The van der Waals surface area contributed by atoms with Crippen molar-refractivity contribution in [2.45, 2.75) is 32.0 Å². The number of rotatable bonds is 8. The normalized spacial score (nSPS) is 10.9. The molecule has 2 aromatic carbocycles. The Balaban J connectivity index is 1.36. The van der Waals surface area contributed by atoms with Gasteiger partial charge in [0.05, 0.1) is 5.75 Å². The molecule has 1 amide bonds. The SMILES string of the molecule is CCn1c(SCC(=O)Nc2ncc(Cc3ccccc3)s2)nnc1-c1cccc(C)c1. The number of hydrogen-bond donors (Lipinski definition) is 1. The van der Waals surface area contributed by atoms with Crippen molar-refractivity contribution in [3.05, 3.63) is 76.8 Å². The van der Waals surface area contributed by atoms with E-state index in [0.717, 1.165) is 34.4 Å². The average Bonchev–Trinajstić information content (AvgIpc) is 3.39. The van der Waals surface area contributed by atoms with Crippen LogP contribution in [0.25, 0.3) is 11.4 Å². The summed E-state index contributed by atoms with van der Waals surface area (Å²) in [4.78, 5) is 17.9. The second-order valence-electron chi connectivity index (χ2n) is 7.05. The molecule has 0 aliphatic rings. The van der Waals surface area contributed by atoms with E-state index in [2.05, 4.69) is 58.6 Å². The number of nitrogens with one attached hydrogen (secondary N) is 1. The number of anilines is 1. The Hall–Kier alpha value is -2.97. The molecule has 1 N–H and O–H groups in total. The van der Waals surface area contributed by atoms with Gasteiger partial charge < -0.3 is 9.88 Å². The Kier molecular flexibility index (Phi) is 6.79. The van der Waals surface area contributed by atoms with E-state index in [1.165, 1.54) is 34.2 Å². The molecule has 0 fully saturated rings. The standard InChI is InChI=1S/C23H23N5OS2/c1-3-28-21(18-11-7-8-16(2)12-18)26-27-23(28)30-15-20(29)25-22-24-14-19(31-22)13-17-9-5-4-6-10-17/h4-12,14H,3,13,15H2,1-2H3,(H,24,25,29). The molecule has 0 bridgehead atoms. The third-order valence-electron chi connectivity index (χ3n) is 4.66. The molecule has 31 heavy (non-hydrogen) atoms. The number of amides is 1. The summed E-state index contributed by atoms with van der Waals surface area (Å²) in [5.74, 6) is 0.965. The van der Waals surface area contributed by atoms with Crippen LogP contribution in [0.15, 0.2) is 66.0 Å². The predicted molar refractivity (Wildman–Crippen MR) is 127 cm³/mol. The molecule has 0 aliphatic heterocycles. The van der Waals surface area contributed by atoms with Gasteiger partial charge in [0.1, 0.15) is 0 Å². The molecule has 0 spiro atoms. The second-order valence-corrected chi connectivity index (χ2v) is 9.11. The van der Waals surface area contributed by atoms with Gasteiger partial charge in [-0.2, -0.15) is 0 Å². The molecule has 0 aliphatic carbocycles. The smallest absolute Gasteiger partial charge is 0.236 e. The van der Waals surface area contributed by atoms with Crippen LogP contribution in [0.3, 0.4) is 0 Å². The van der Waals surface area contributed by atoms with Gasteiger partial charge in [-0.25, -0.2) is 4.98 Å². The second kappa shape index (κ2) is 9.89. The molecule has 4 rings (SSSR count). The van der Waals surface area contributed by atoms with E-state index in [1.807, 2.05) is 41.1 Å². The largest absolute Gasteiger partial charge is 0.302 e. The fourth-order valence-electron chi connectivity index (χ4n) is 3.21. The van der Waals surface area contributed by atoms with Crippen molar-refractivity contribution in [3.8, 4) is 11.4 Å². The van der Waals surface area contributed by atoms with Gasteiger partial charge in [0.25, 0.3) is 0 Å². The van der Waals surface area contributed by atoms with Crippen molar-refractivity contribution in [1.82, 2.24) is 19.7 Å². The van der Waals surface area contributed by atoms with Gasteiger partial charge in [-0.3, -0.25) is 4.79 Å². The summed E-state index contributed by atoms with van der Waals surface area (Å²) in [7, 11) is 0. The van der Waals surface area contributed by atoms with Crippen molar-refractivity contribution < 1.29 is 4.79 Å². The lowest BCUT2D eigenvalue weighted by atomic mass is 10.1. The molecule has 0 atom stereocenters. The summed E-state index contributed by atoms with van der Waals surface area (Å²) < 4.78 is 2.04. The van der Waals surface area contributed by atoms with E-state index in [9.17, 15) is 4.79 Å². The minimum absolute atomic E-state index is 0.103. The summed E-state index contributed by atoms with van der Waals surface area (Å²) >= 11 is 2.88. The molecule has 0 unspecified atom stereocenters. The van der Waals surface area contributed by atoms with E-state index in [-0.39, 0.29) is 11.7 Å². The summed E-state index contributed by atoms with van der Waals surface area (Å²) in [5.41, 5.74) is 3.43. The zero-order chi connectivity index (χ0) is 21.6. The van der Waals surface area contributed by atoms with Gasteiger partial charge in [0.15, 0.2) is 16.1 Å². The first kappa shape index (κ1) is 21.3. The molecular weight excluding hydrogens is 426 g/mol. The fourth-order valence-corrected chi connectivity index (χ4v) is 4.87. The van der Waals surface area contributed by atoms with Crippen molar-refractivity contribution in [1.29, 1.82) is 0 Å². The number of nitrogens with zero attached hydrogens (tertiary/aromatic N) is 4. The van der Waals surface area contributed by atoms with Crippen molar-refractivity contribution in [2.24, 2.45) is 0 Å². The van der Waals surface area contributed by atoms with E-state index in [0.29, 0.717) is 5.13 Å². The van der Waals surface area contributed by atoms with Gasteiger partial charge in [-0.05, 0) is 25.5 Å². The molecule has 158 valence electrons. The van der Waals surface area contributed by atoms with Gasteiger partial charge in [0.2, 0.25) is 5.91 Å². The van der Waals surface area contributed by atoms with Crippen molar-refractivity contribution >= 4 is 34.1 Å². The Bertz CT molecular complexity index is 1170. The number of thioether (sulfide) groups is 1. The molecule has 2 heterocycles. The van der Waals surface area contributed by atoms with Crippen LogP contribution in [-0.2, 0) is 17.8 Å². The van der Waals surface area contributed by atoms with Crippen molar-refractivity contribution in [2.75, 3.05) is 11.1 Å². The fraction of sp³-hybridized carbons (Fsp3) is 0.217. The lowest BCUT2D eigenvalue weighted by Gasteiger charge is -2.07. The zero-order valence-corrected chi connectivity index (χ0v) is 19.0. The van der Waals surface area contributed by atoms with Gasteiger partial charge in [0, 0.05) is 29.6 Å². The molecule has 0 saturated carbocycles. The monoisotopic (exact) mass is 449 g/mol. The third kappa shape index (κ3) is 5.39. The molecular formula is C23H23N5OS2. The molecule has 2 aromatic heterocycles. The number of benzene rings is 2. The Morgan fingerprint density at radius 2 is 1.97 bits per heavy atom. The van der Waals surface area contributed by atoms with Crippen LogP contribution in [0.1, 0.15) is 22.9 Å². The Labute approximate surface area is 189 Å². The highest BCUT2D eigenvalue weighted by atomic mass is 32.2. The minimum atomic E-state index is -0.103. The Morgan fingerprint density at radius 3 is 2.74 bits per heavy atom. The molecule has 6 nitrogen and oxygen atoms in total. The van der Waals surface area contributed by atoms with Crippen LogP contribution in [-0.4, -0.2) is 31.4 Å². The van der Waals surface area contributed by atoms with Gasteiger partial charge in [-0.1, -0.05) is 65.9 Å². The van der Waals surface area contributed by atoms with E-state index >= 15 is 0 Å². The highest BCUT2D eigenvalue weighted by molar-refractivity contribution is 7.99. The maximum atomic E-state index is 12.5. The number of aryl methyl sites for hydroxylation is 1. The summed E-state index contributed by atoms with van der Waals surface area (Å²) in [6.45, 7) is 4.84. The van der Waals surface area contributed by atoms with Crippen molar-refractivity contribution in [3.63, 3.8) is 0 Å². The van der Waals surface area contributed by atoms with Gasteiger partial charge >= 0.3 is 0 Å². The molecule has 8 heteroatoms. The number of carbonyl (C=O) groups excluding carboxylic acids is 1. The van der Waals surface area contributed by atoms with E-state index in [1.54, 1.807) is 0 Å². The first-order valence-corrected chi connectivity index (χ1v) is 11.8. The predicted octanol–water partition coefficient (Wildman–Crippen LogP) is 5.05. The third-order valence-corrected chi connectivity index (χ3v) is 6.54. The first-order chi connectivity index (χ1) is 15.1. The van der Waals surface area contributed by atoms with Gasteiger partial charge in [-0.15, -0.1) is 21.5 Å². The molecule has 0 radical (unpaired) electrons. The zero-order valence-electron chi connectivity index (χ0n) is 17.4. The van der Waals surface area contributed by atoms with Crippen LogP contribution < -0.4 is 5.32 Å². The summed E-state index contributed by atoms with van der Waals surface area (Å²) in [6, 6.07) is 18.4. The maximum Gasteiger partial charge on any atom is 0.236 e. The lowest BCUT2D eigenvalue weighted by molar-refractivity contribution is -0.113. The quantitative estimate of drug-likeness (QED) is 0.381. The van der Waals surface area contributed by atoms with Crippen LogP contribution in [0.5, 0.6) is 0 Å². The van der Waals surface area contributed by atoms with Crippen LogP contribution in [0, 0.1) is 6.92 Å². The number of hydrogen-bond acceptors (Lipinski definition) is 6. The highest BCUT2D eigenvalue weighted by Crippen LogP contribution is 2.25. The van der Waals surface area contributed by atoms with Crippen LogP contribution >= 0.6 is 23.1 Å². The first-order valence-electron chi connectivity index (χ1n) is 10.0. The topological polar surface area (TPSA) is 72.7 Å². The Morgan fingerprint density at radius 1 is 1.13 bits per heavy atom. The maximum absolute atomic E-state index is 12.5. The molecule has 4 aromatic rings. The summed E-state index contributed by atoms with van der Waals surface area (Å²) in [6.07, 6.45) is 2.63. The van der Waals surface area contributed by atoms with Crippen LogP contribution in [0.4, 0.5) is 5.13 Å². The van der Waals surface area contributed by atoms with E-state index < -0.39 is 0 Å². The highest BCUT2D eigenvalue weighted by Gasteiger charge is 2.15. The average molecular weight is 450 g/mol. The van der Waals surface area contributed by atoms with E-state index in [4.69, 9.17) is 0 Å². The molecule has 0 saturated heterocycles. The number of aromatic nitrogens is 4. The van der Waals surface area contributed by atoms with Crippen LogP contribution in [0.2, 0.25) is 0 Å². The lowest BCUT2D eigenvalue weighted by Crippen LogP contribution is -2.14.